The molecule has 4 heteroatoms. The number of nitrogens with zero attached hydrogens (tertiary/aromatic N) is 1. The van der Waals surface area contributed by atoms with Crippen molar-refractivity contribution < 1.29 is 14.6 Å². The third-order valence-corrected chi connectivity index (χ3v) is 4.91. The molecule has 0 saturated carbocycles. The van der Waals surface area contributed by atoms with Crippen molar-refractivity contribution >= 4 is 5.97 Å². The summed E-state index contributed by atoms with van der Waals surface area (Å²) in [6, 6.07) is 20.4. The van der Waals surface area contributed by atoms with Crippen LogP contribution in [0.5, 0.6) is 0 Å². The average molecular weight is 339 g/mol. The molecule has 1 saturated heterocycles. The number of hydrogen-bond acceptors (Lipinski definition) is 4. The van der Waals surface area contributed by atoms with E-state index >= 15 is 0 Å². The van der Waals surface area contributed by atoms with Crippen LogP contribution in [-0.2, 0) is 16.1 Å². The fraction of sp³-hybridized carbons (Fsp3) is 0.381. The molecule has 1 aliphatic heterocycles. The Bertz CT molecular complexity index is 687. The third kappa shape index (κ3) is 4.09. The Labute approximate surface area is 149 Å². The van der Waals surface area contributed by atoms with Gasteiger partial charge < -0.3 is 9.84 Å². The van der Waals surface area contributed by atoms with Gasteiger partial charge in [0.05, 0.1) is 18.6 Å². The lowest BCUT2D eigenvalue weighted by Gasteiger charge is -2.37. The summed E-state index contributed by atoms with van der Waals surface area (Å²) >= 11 is 0. The second kappa shape index (κ2) is 7.81. The molecular formula is C21H25NO3. The molecular weight excluding hydrogens is 314 g/mol. The first-order valence-corrected chi connectivity index (χ1v) is 8.78. The van der Waals surface area contributed by atoms with E-state index < -0.39 is 12.2 Å². The molecule has 0 bridgehead atoms. The Balaban J connectivity index is 1.92. The van der Waals surface area contributed by atoms with Crippen molar-refractivity contribution in [1.82, 2.24) is 4.90 Å². The molecule has 1 heterocycles. The summed E-state index contributed by atoms with van der Waals surface area (Å²) in [4.78, 5) is 14.2. The fourth-order valence-corrected chi connectivity index (χ4v) is 3.55. The van der Waals surface area contributed by atoms with Gasteiger partial charge in [0, 0.05) is 12.6 Å². The van der Waals surface area contributed by atoms with E-state index in [1.54, 1.807) is 6.92 Å². The van der Waals surface area contributed by atoms with Crippen molar-refractivity contribution in [3.8, 4) is 0 Å². The van der Waals surface area contributed by atoms with E-state index in [0.29, 0.717) is 13.0 Å². The second-order valence-electron chi connectivity index (χ2n) is 6.71. The summed E-state index contributed by atoms with van der Waals surface area (Å²) in [7, 11) is 0. The van der Waals surface area contributed by atoms with Crippen molar-refractivity contribution in [2.45, 2.75) is 51.1 Å². The maximum atomic E-state index is 11.9. The molecule has 3 rings (SSSR count). The highest BCUT2D eigenvalue weighted by molar-refractivity contribution is 5.73. The molecule has 25 heavy (non-hydrogen) atoms. The van der Waals surface area contributed by atoms with Crippen molar-refractivity contribution in [2.75, 3.05) is 0 Å². The number of cyclic esters (lactones) is 1. The molecule has 0 spiro atoms. The molecule has 0 amide bonds. The van der Waals surface area contributed by atoms with Crippen LogP contribution in [0.1, 0.15) is 37.4 Å². The summed E-state index contributed by atoms with van der Waals surface area (Å²) in [6.45, 7) is 4.52. The number of hydrogen-bond donors (Lipinski definition) is 1. The van der Waals surface area contributed by atoms with E-state index in [0.717, 1.165) is 0 Å². The maximum absolute atomic E-state index is 11.9. The number of esters is 1. The van der Waals surface area contributed by atoms with Gasteiger partial charge in [0.2, 0.25) is 0 Å². The predicted molar refractivity (Wildman–Crippen MR) is 96.8 cm³/mol. The highest BCUT2D eigenvalue weighted by Gasteiger charge is 2.42. The van der Waals surface area contributed by atoms with Gasteiger partial charge in [0.25, 0.3) is 0 Å². The second-order valence-corrected chi connectivity index (χ2v) is 6.71. The zero-order valence-electron chi connectivity index (χ0n) is 14.7. The minimum Gasteiger partial charge on any atom is -0.458 e. The van der Waals surface area contributed by atoms with Crippen molar-refractivity contribution in [3.05, 3.63) is 71.8 Å². The number of carbonyl (C=O) groups is 1. The van der Waals surface area contributed by atoms with E-state index in [9.17, 15) is 9.90 Å². The van der Waals surface area contributed by atoms with Crippen molar-refractivity contribution in [1.29, 1.82) is 0 Å². The zero-order chi connectivity index (χ0) is 17.8. The SMILES string of the molecule is C[C@H](O)[C@H]1OC(=O)C[C@@H]1N(Cc1ccccc1)[C@H](C)c1ccccc1. The number of aliphatic hydroxyl groups excluding tert-OH is 1. The summed E-state index contributed by atoms with van der Waals surface area (Å²) in [6.07, 6.45) is -0.889. The number of aliphatic hydroxyl groups is 1. The summed E-state index contributed by atoms with van der Waals surface area (Å²) < 4.78 is 5.41. The summed E-state index contributed by atoms with van der Waals surface area (Å²) in [5.74, 6) is -0.241. The summed E-state index contributed by atoms with van der Waals surface area (Å²) in [5.41, 5.74) is 2.36. The standard InChI is InChI=1S/C21H25NO3/c1-15(18-11-7-4-8-12-18)22(14-17-9-5-3-6-10-17)19-13-20(24)25-21(19)16(2)23/h3-12,15-16,19,21,23H,13-14H2,1-2H3/t15-,16+,19+,21-/m1/s1. The summed E-state index contributed by atoms with van der Waals surface area (Å²) in [5, 5.41) is 10.1. The van der Waals surface area contributed by atoms with E-state index in [-0.39, 0.29) is 18.1 Å². The van der Waals surface area contributed by atoms with Crippen LogP contribution in [0.15, 0.2) is 60.7 Å². The number of ether oxygens (including phenoxy) is 1. The zero-order valence-corrected chi connectivity index (χ0v) is 14.7. The Morgan fingerprint density at radius 3 is 2.28 bits per heavy atom. The smallest absolute Gasteiger partial charge is 0.307 e. The molecule has 4 nitrogen and oxygen atoms in total. The lowest BCUT2D eigenvalue weighted by Crippen LogP contribution is -2.46. The van der Waals surface area contributed by atoms with Gasteiger partial charge in [-0.1, -0.05) is 60.7 Å². The van der Waals surface area contributed by atoms with Crippen LogP contribution < -0.4 is 0 Å². The van der Waals surface area contributed by atoms with Crippen molar-refractivity contribution in [2.24, 2.45) is 0 Å². The Morgan fingerprint density at radius 1 is 1.08 bits per heavy atom. The van der Waals surface area contributed by atoms with Gasteiger partial charge in [-0.3, -0.25) is 9.69 Å². The van der Waals surface area contributed by atoms with Gasteiger partial charge in [-0.05, 0) is 25.0 Å². The van der Waals surface area contributed by atoms with Crippen LogP contribution in [0.2, 0.25) is 0 Å². The number of carbonyl (C=O) groups excluding carboxylic acids is 1. The minimum absolute atomic E-state index is 0.0992. The molecule has 4 atom stereocenters. The van der Waals surface area contributed by atoms with Gasteiger partial charge in [-0.2, -0.15) is 0 Å². The first-order chi connectivity index (χ1) is 12.1. The largest absolute Gasteiger partial charge is 0.458 e. The first kappa shape index (κ1) is 17.6. The Morgan fingerprint density at radius 2 is 1.68 bits per heavy atom. The van der Waals surface area contributed by atoms with Gasteiger partial charge >= 0.3 is 5.97 Å². The van der Waals surface area contributed by atoms with Crippen LogP contribution >= 0.6 is 0 Å². The van der Waals surface area contributed by atoms with Crippen LogP contribution in [0.25, 0.3) is 0 Å². The molecule has 2 aromatic rings. The lowest BCUT2D eigenvalue weighted by molar-refractivity contribution is -0.145. The van der Waals surface area contributed by atoms with Gasteiger partial charge in [-0.15, -0.1) is 0 Å². The highest BCUT2D eigenvalue weighted by atomic mass is 16.6. The van der Waals surface area contributed by atoms with Crippen LogP contribution in [0, 0.1) is 0 Å². The van der Waals surface area contributed by atoms with Crippen LogP contribution in [0.4, 0.5) is 0 Å². The number of benzene rings is 2. The molecule has 132 valence electrons. The Kier molecular flexibility index (Phi) is 5.51. The molecule has 0 unspecified atom stereocenters. The Hall–Kier alpha value is -2.17. The van der Waals surface area contributed by atoms with Crippen LogP contribution in [-0.4, -0.2) is 34.2 Å². The predicted octanol–water partition coefficient (Wildman–Crippen LogP) is 3.31. The quantitative estimate of drug-likeness (QED) is 0.820. The molecule has 0 aromatic heterocycles. The molecule has 1 aliphatic rings. The van der Waals surface area contributed by atoms with E-state index in [1.807, 2.05) is 36.4 Å². The van der Waals surface area contributed by atoms with Gasteiger partial charge in [0.15, 0.2) is 0 Å². The lowest BCUT2D eigenvalue weighted by atomic mass is 9.98. The fourth-order valence-electron chi connectivity index (χ4n) is 3.55. The average Bonchev–Trinajstić information content (AvgIpc) is 3.02. The molecule has 0 aliphatic carbocycles. The monoisotopic (exact) mass is 339 g/mol. The molecule has 1 fully saturated rings. The van der Waals surface area contributed by atoms with Gasteiger partial charge in [0.1, 0.15) is 6.10 Å². The van der Waals surface area contributed by atoms with Crippen molar-refractivity contribution in [3.63, 3.8) is 0 Å². The molecule has 1 N–H and O–H groups in total. The minimum atomic E-state index is -0.697. The van der Waals surface area contributed by atoms with Gasteiger partial charge in [-0.25, -0.2) is 0 Å². The topological polar surface area (TPSA) is 49.8 Å². The first-order valence-electron chi connectivity index (χ1n) is 8.78. The molecule has 2 aromatic carbocycles. The van der Waals surface area contributed by atoms with E-state index in [4.69, 9.17) is 4.74 Å². The maximum Gasteiger partial charge on any atom is 0.307 e. The van der Waals surface area contributed by atoms with E-state index in [1.165, 1.54) is 11.1 Å². The normalized spacial score (nSPS) is 22.6. The van der Waals surface area contributed by atoms with E-state index in [2.05, 4.69) is 36.1 Å². The third-order valence-electron chi connectivity index (χ3n) is 4.91. The number of rotatable bonds is 6. The van der Waals surface area contributed by atoms with Crippen LogP contribution in [0.3, 0.4) is 0 Å². The molecule has 0 radical (unpaired) electrons. The highest BCUT2D eigenvalue weighted by Crippen LogP contribution is 2.32.